The highest BCUT2D eigenvalue weighted by atomic mass is 16.5. The Morgan fingerprint density at radius 3 is 1.26 bits per heavy atom. The Bertz CT molecular complexity index is 809. The maximum atomic E-state index is 12.3. The molecule has 6 nitrogen and oxygen atoms in total. The van der Waals surface area contributed by atoms with E-state index in [9.17, 15) is 9.59 Å². The molecule has 0 aromatic rings. The first-order chi connectivity index (χ1) is 26.0. The van der Waals surface area contributed by atoms with Gasteiger partial charge in [-0.05, 0) is 106 Å². The van der Waals surface area contributed by atoms with Gasteiger partial charge in [0.1, 0.15) is 0 Å². The van der Waals surface area contributed by atoms with Gasteiger partial charge in [0.15, 0.2) is 0 Å². The minimum absolute atomic E-state index is 0.00593. The van der Waals surface area contributed by atoms with Crippen LogP contribution in [0.25, 0.3) is 0 Å². The molecule has 1 rings (SSSR count). The van der Waals surface area contributed by atoms with E-state index in [4.69, 9.17) is 14.2 Å². The molecule has 0 saturated carbocycles. The van der Waals surface area contributed by atoms with Gasteiger partial charge in [0.25, 0.3) is 0 Å². The van der Waals surface area contributed by atoms with E-state index in [-0.39, 0.29) is 11.9 Å². The molecule has 2 unspecified atom stereocenters. The van der Waals surface area contributed by atoms with Crippen molar-refractivity contribution in [3.63, 3.8) is 0 Å². The molecule has 1 aliphatic rings. The van der Waals surface area contributed by atoms with Crippen LogP contribution in [0.15, 0.2) is 0 Å². The number of rotatable bonds is 37. The fourth-order valence-electron chi connectivity index (χ4n) is 7.76. The summed E-state index contributed by atoms with van der Waals surface area (Å²) in [7, 11) is 0. The molecule has 54 heavy (non-hydrogen) atoms. The van der Waals surface area contributed by atoms with E-state index in [0.29, 0.717) is 67.7 Å². The van der Waals surface area contributed by atoms with Gasteiger partial charge in [-0.1, -0.05) is 145 Å². The van der Waals surface area contributed by atoms with E-state index in [1.54, 1.807) is 0 Å². The summed E-state index contributed by atoms with van der Waals surface area (Å²) >= 11 is 0. The summed E-state index contributed by atoms with van der Waals surface area (Å²) in [6, 6.07) is 0. The summed E-state index contributed by atoms with van der Waals surface area (Å²) < 4.78 is 17.8. The summed E-state index contributed by atoms with van der Waals surface area (Å²) in [5, 5.41) is 0. The summed E-state index contributed by atoms with van der Waals surface area (Å²) in [6.07, 6.45) is 29.3. The zero-order chi connectivity index (χ0) is 39.8. The highest BCUT2D eigenvalue weighted by molar-refractivity contribution is 5.69. The van der Waals surface area contributed by atoms with E-state index in [2.05, 4.69) is 60.3 Å². The average Bonchev–Trinajstić information content (AvgIpc) is 3.64. The van der Waals surface area contributed by atoms with E-state index in [1.165, 1.54) is 122 Å². The maximum Gasteiger partial charge on any atom is 0.305 e. The lowest BCUT2D eigenvalue weighted by Gasteiger charge is -2.21. The number of likely N-dealkylation sites (tertiary alicyclic amines) is 1. The average molecular weight is 764 g/mol. The lowest BCUT2D eigenvalue weighted by molar-refractivity contribution is -0.146. The monoisotopic (exact) mass is 764 g/mol. The summed E-state index contributed by atoms with van der Waals surface area (Å²) in [4.78, 5) is 27.2. The van der Waals surface area contributed by atoms with Crippen LogP contribution in [0.5, 0.6) is 0 Å². The molecule has 0 spiro atoms. The largest absolute Gasteiger partial charge is 0.465 e. The van der Waals surface area contributed by atoms with Gasteiger partial charge in [-0.3, -0.25) is 9.59 Å². The van der Waals surface area contributed by atoms with Gasteiger partial charge in [0.05, 0.1) is 19.3 Å². The van der Waals surface area contributed by atoms with Gasteiger partial charge < -0.3 is 19.1 Å². The predicted molar refractivity (Wildman–Crippen MR) is 230 cm³/mol. The third kappa shape index (κ3) is 30.1. The van der Waals surface area contributed by atoms with Gasteiger partial charge >= 0.3 is 11.9 Å². The molecule has 2 atom stereocenters. The van der Waals surface area contributed by atoms with Crippen LogP contribution in [-0.4, -0.2) is 62.4 Å². The standard InChI is InChI=1S/C48H93NO5/c1-40(2)30-32-44(42(5)6)38-53-47(50)28-21-17-13-9-11-15-19-26-46(52-37-25-36-49-34-23-24-35-49)27-20-16-12-10-14-18-22-29-48(51)54-39-45(43(7)8)33-31-41(3)4/h40-46H,9-39H2,1-8H3. The molecule has 320 valence electrons. The third-order valence-electron chi connectivity index (χ3n) is 12.0. The van der Waals surface area contributed by atoms with Crippen LogP contribution in [0.4, 0.5) is 0 Å². The van der Waals surface area contributed by atoms with Gasteiger partial charge in [0.2, 0.25) is 0 Å². The van der Waals surface area contributed by atoms with Crippen molar-refractivity contribution in [1.29, 1.82) is 0 Å². The molecule has 0 amide bonds. The molecule has 0 radical (unpaired) electrons. The van der Waals surface area contributed by atoms with Crippen LogP contribution in [0.1, 0.15) is 216 Å². The number of hydrogen-bond donors (Lipinski definition) is 0. The predicted octanol–water partition coefficient (Wildman–Crippen LogP) is 13.4. The van der Waals surface area contributed by atoms with Crippen molar-refractivity contribution in [2.75, 3.05) is 39.5 Å². The second-order valence-corrected chi connectivity index (χ2v) is 18.7. The first-order valence-corrected chi connectivity index (χ1v) is 23.6. The maximum absolute atomic E-state index is 12.3. The minimum atomic E-state index is -0.00593. The molecule has 1 heterocycles. The fraction of sp³-hybridized carbons (Fsp3) is 0.958. The van der Waals surface area contributed by atoms with Crippen molar-refractivity contribution in [1.82, 2.24) is 4.90 Å². The van der Waals surface area contributed by atoms with Crippen LogP contribution in [0, 0.1) is 35.5 Å². The zero-order valence-corrected chi connectivity index (χ0v) is 37.5. The highest BCUT2D eigenvalue weighted by Gasteiger charge is 2.18. The molecule has 1 fully saturated rings. The number of hydrogen-bond acceptors (Lipinski definition) is 6. The molecule has 0 N–H and O–H groups in total. The molecule has 0 aromatic carbocycles. The summed E-state index contributed by atoms with van der Waals surface area (Å²) in [5.41, 5.74) is 0. The first-order valence-electron chi connectivity index (χ1n) is 23.6. The van der Waals surface area contributed by atoms with Crippen molar-refractivity contribution in [2.24, 2.45) is 35.5 Å². The van der Waals surface area contributed by atoms with Gasteiger partial charge in [-0.2, -0.15) is 0 Å². The normalized spacial score (nSPS) is 15.5. The molecule has 0 bridgehead atoms. The van der Waals surface area contributed by atoms with E-state index >= 15 is 0 Å². The van der Waals surface area contributed by atoms with Crippen LogP contribution < -0.4 is 0 Å². The molecule has 0 aliphatic carbocycles. The molecular formula is C48H93NO5. The quantitative estimate of drug-likeness (QED) is 0.0464. The minimum Gasteiger partial charge on any atom is -0.465 e. The van der Waals surface area contributed by atoms with Crippen molar-refractivity contribution < 1.29 is 23.8 Å². The highest BCUT2D eigenvalue weighted by Crippen LogP contribution is 2.23. The smallest absolute Gasteiger partial charge is 0.305 e. The number of esters is 2. The molecule has 1 aliphatic heterocycles. The Morgan fingerprint density at radius 2 is 0.870 bits per heavy atom. The van der Waals surface area contributed by atoms with Crippen molar-refractivity contribution in [3.05, 3.63) is 0 Å². The second kappa shape index (κ2) is 33.9. The lowest BCUT2D eigenvalue weighted by Crippen LogP contribution is -2.23. The number of carbonyl (C=O) groups is 2. The number of nitrogens with zero attached hydrogens (tertiary/aromatic N) is 1. The zero-order valence-electron chi connectivity index (χ0n) is 37.5. The van der Waals surface area contributed by atoms with Gasteiger partial charge in [0, 0.05) is 26.0 Å². The second-order valence-electron chi connectivity index (χ2n) is 18.7. The SMILES string of the molecule is CC(C)CCC(COC(=O)CCCCCCCCCC(CCCCCCCCCC(=O)OCC(CCC(C)C)C(C)C)OCCCN1CCCC1)C(C)C. The number of carbonyl (C=O) groups excluding carboxylic acids is 2. The van der Waals surface area contributed by atoms with Crippen molar-refractivity contribution >= 4 is 11.9 Å². The van der Waals surface area contributed by atoms with Crippen molar-refractivity contribution in [2.45, 2.75) is 222 Å². The van der Waals surface area contributed by atoms with Gasteiger partial charge in [-0.25, -0.2) is 0 Å². The van der Waals surface area contributed by atoms with Crippen LogP contribution >= 0.6 is 0 Å². The Kier molecular flexibility index (Phi) is 32.0. The van der Waals surface area contributed by atoms with E-state index in [0.717, 1.165) is 51.6 Å². The summed E-state index contributed by atoms with van der Waals surface area (Å²) in [5.74, 6) is 3.47. The van der Waals surface area contributed by atoms with Crippen LogP contribution in [-0.2, 0) is 23.8 Å². The van der Waals surface area contributed by atoms with Crippen LogP contribution in [0.2, 0.25) is 0 Å². The van der Waals surface area contributed by atoms with Crippen LogP contribution in [0.3, 0.4) is 0 Å². The van der Waals surface area contributed by atoms with Gasteiger partial charge in [-0.15, -0.1) is 0 Å². The molecule has 1 saturated heterocycles. The topological polar surface area (TPSA) is 65.1 Å². The molecule has 0 aromatic heterocycles. The fourth-order valence-corrected chi connectivity index (χ4v) is 7.76. The van der Waals surface area contributed by atoms with Crippen molar-refractivity contribution in [3.8, 4) is 0 Å². The Morgan fingerprint density at radius 1 is 0.481 bits per heavy atom. The number of unbranched alkanes of at least 4 members (excludes halogenated alkanes) is 12. The third-order valence-corrected chi connectivity index (χ3v) is 12.0. The van der Waals surface area contributed by atoms with E-state index in [1.807, 2.05) is 0 Å². The first kappa shape index (κ1) is 50.9. The Balaban J connectivity index is 2.17. The molecular weight excluding hydrogens is 671 g/mol. The number of ether oxygens (including phenoxy) is 3. The molecule has 6 heteroatoms. The van der Waals surface area contributed by atoms with E-state index < -0.39 is 0 Å². The summed E-state index contributed by atoms with van der Waals surface area (Å²) in [6.45, 7) is 23.8. The Hall–Kier alpha value is -1.14. The lowest BCUT2D eigenvalue weighted by atomic mass is 9.89. The Labute approximate surface area is 336 Å².